The van der Waals surface area contributed by atoms with Crippen molar-refractivity contribution in [1.82, 2.24) is 20.3 Å². The van der Waals surface area contributed by atoms with Crippen molar-refractivity contribution in [3.63, 3.8) is 0 Å². The van der Waals surface area contributed by atoms with Crippen molar-refractivity contribution in [2.24, 2.45) is 0 Å². The van der Waals surface area contributed by atoms with E-state index in [2.05, 4.69) is 34.7 Å². The number of carbonyl (C=O) groups excluding carboxylic acids is 1. The second-order valence-corrected chi connectivity index (χ2v) is 7.35. The highest BCUT2D eigenvalue weighted by molar-refractivity contribution is 6.00. The maximum Gasteiger partial charge on any atom is 0.253 e. The molecule has 2 aliphatic heterocycles. The molecular formula is C21H21N5O. The molecule has 1 amide bonds. The van der Waals surface area contributed by atoms with Crippen LogP contribution in [0.15, 0.2) is 36.4 Å². The molecule has 0 saturated carbocycles. The summed E-state index contributed by atoms with van der Waals surface area (Å²) in [6, 6.07) is 8.07. The Balaban J connectivity index is 1.80. The molecule has 2 atom stereocenters. The standard InChI is InChI=1S/C21H21N5O/c1-11-5-3-6-13-10-22-21(27)15-9-17(25-18(13)15)14-7-4-8-16-19(14)26-20(23-11)12(2)24-16/h3-5,7-9,11,13,25H,6,10H2,1-2H3,(H,22,27)(H,23,26)/b5-3+/t11-,13+/m1/s1. The highest BCUT2D eigenvalue weighted by atomic mass is 16.1. The number of hydrogen-bond acceptors (Lipinski definition) is 4. The van der Waals surface area contributed by atoms with Gasteiger partial charge in [0.15, 0.2) is 0 Å². The lowest BCUT2D eigenvalue weighted by Gasteiger charge is -2.22. The summed E-state index contributed by atoms with van der Waals surface area (Å²) in [6.45, 7) is 4.72. The summed E-state index contributed by atoms with van der Waals surface area (Å²) in [5.74, 6) is 1.02. The number of nitrogens with zero attached hydrogens (tertiary/aromatic N) is 2. The normalized spacial score (nSPS) is 22.4. The Morgan fingerprint density at radius 3 is 2.96 bits per heavy atom. The van der Waals surface area contributed by atoms with Crippen molar-refractivity contribution in [1.29, 1.82) is 0 Å². The highest BCUT2D eigenvalue weighted by Crippen LogP contribution is 2.34. The number of hydrogen-bond donors (Lipinski definition) is 3. The van der Waals surface area contributed by atoms with E-state index in [1.54, 1.807) is 0 Å². The van der Waals surface area contributed by atoms with Crippen LogP contribution in [0.3, 0.4) is 0 Å². The molecule has 2 aliphatic rings. The van der Waals surface area contributed by atoms with Gasteiger partial charge in [-0.2, -0.15) is 0 Å². The third-order valence-electron chi connectivity index (χ3n) is 5.38. The summed E-state index contributed by atoms with van der Waals surface area (Å²) < 4.78 is 0. The molecule has 2 aromatic heterocycles. The van der Waals surface area contributed by atoms with E-state index < -0.39 is 0 Å². The average Bonchev–Trinajstić information content (AvgIpc) is 3.09. The summed E-state index contributed by atoms with van der Waals surface area (Å²) in [6.07, 6.45) is 5.19. The summed E-state index contributed by atoms with van der Waals surface area (Å²) in [7, 11) is 0. The lowest BCUT2D eigenvalue weighted by Crippen LogP contribution is -2.34. The van der Waals surface area contributed by atoms with Gasteiger partial charge < -0.3 is 15.6 Å². The van der Waals surface area contributed by atoms with Gasteiger partial charge in [0.2, 0.25) is 0 Å². The van der Waals surface area contributed by atoms with E-state index in [4.69, 9.17) is 9.97 Å². The first-order chi connectivity index (χ1) is 13.1. The van der Waals surface area contributed by atoms with Crippen molar-refractivity contribution >= 4 is 22.8 Å². The maximum absolute atomic E-state index is 12.4. The number of allylic oxidation sites excluding steroid dienone is 1. The predicted molar refractivity (Wildman–Crippen MR) is 106 cm³/mol. The van der Waals surface area contributed by atoms with Crippen molar-refractivity contribution < 1.29 is 4.79 Å². The molecule has 4 heterocycles. The van der Waals surface area contributed by atoms with Crippen LogP contribution in [0.5, 0.6) is 0 Å². The predicted octanol–water partition coefficient (Wildman–Crippen LogP) is 3.52. The largest absolute Gasteiger partial charge is 0.363 e. The molecule has 27 heavy (non-hydrogen) atoms. The fraction of sp³-hybridized carbons (Fsp3) is 0.286. The lowest BCUT2D eigenvalue weighted by atomic mass is 9.94. The topological polar surface area (TPSA) is 82.7 Å². The van der Waals surface area contributed by atoms with E-state index in [0.717, 1.165) is 51.5 Å². The Hall–Kier alpha value is -3.15. The number of aryl methyl sites for hydroxylation is 1. The van der Waals surface area contributed by atoms with Crippen LogP contribution >= 0.6 is 0 Å². The zero-order valence-corrected chi connectivity index (χ0v) is 15.3. The van der Waals surface area contributed by atoms with Gasteiger partial charge in [0.05, 0.1) is 16.8 Å². The highest BCUT2D eigenvalue weighted by Gasteiger charge is 2.28. The smallest absolute Gasteiger partial charge is 0.253 e. The van der Waals surface area contributed by atoms with Crippen LogP contribution in [-0.4, -0.2) is 33.4 Å². The second-order valence-electron chi connectivity index (χ2n) is 7.35. The third-order valence-corrected chi connectivity index (χ3v) is 5.38. The number of aromatic amines is 1. The number of anilines is 1. The van der Waals surface area contributed by atoms with E-state index in [0.29, 0.717) is 6.54 Å². The molecule has 0 spiro atoms. The fourth-order valence-corrected chi connectivity index (χ4v) is 3.97. The lowest BCUT2D eigenvalue weighted by molar-refractivity contribution is 0.0940. The third kappa shape index (κ3) is 2.60. The molecule has 1 aromatic carbocycles. The first-order valence-corrected chi connectivity index (χ1v) is 9.32. The Kier molecular flexibility index (Phi) is 3.53. The van der Waals surface area contributed by atoms with Gasteiger partial charge in [-0.05, 0) is 32.4 Å². The molecule has 3 N–H and O–H groups in total. The van der Waals surface area contributed by atoms with Gasteiger partial charge in [0.1, 0.15) is 11.3 Å². The number of aromatic nitrogens is 3. The molecule has 0 fully saturated rings. The average molecular weight is 359 g/mol. The fourth-order valence-electron chi connectivity index (χ4n) is 3.97. The van der Waals surface area contributed by atoms with Crippen molar-refractivity contribution in [2.75, 3.05) is 11.9 Å². The molecule has 0 unspecified atom stereocenters. The first kappa shape index (κ1) is 16.1. The Bertz CT molecular complexity index is 1100. The molecule has 136 valence electrons. The second kappa shape index (κ2) is 5.94. The van der Waals surface area contributed by atoms with Crippen molar-refractivity contribution in [3.05, 3.63) is 53.4 Å². The summed E-state index contributed by atoms with van der Waals surface area (Å²) in [4.78, 5) is 25.5. The summed E-state index contributed by atoms with van der Waals surface area (Å²) in [5, 5.41) is 6.47. The van der Waals surface area contributed by atoms with E-state index >= 15 is 0 Å². The van der Waals surface area contributed by atoms with Crippen LogP contribution in [-0.2, 0) is 0 Å². The van der Waals surface area contributed by atoms with Crippen LogP contribution in [0, 0.1) is 6.92 Å². The van der Waals surface area contributed by atoms with Gasteiger partial charge in [0.25, 0.3) is 5.91 Å². The van der Waals surface area contributed by atoms with Crippen LogP contribution in [0.25, 0.3) is 22.3 Å². The van der Waals surface area contributed by atoms with Crippen LogP contribution in [0.1, 0.15) is 41.0 Å². The van der Waals surface area contributed by atoms with Gasteiger partial charge in [-0.25, -0.2) is 9.97 Å². The summed E-state index contributed by atoms with van der Waals surface area (Å²) >= 11 is 0. The monoisotopic (exact) mass is 359 g/mol. The molecular weight excluding hydrogens is 338 g/mol. The number of H-pyrrole nitrogens is 1. The minimum Gasteiger partial charge on any atom is -0.363 e. The van der Waals surface area contributed by atoms with E-state index in [9.17, 15) is 4.79 Å². The van der Waals surface area contributed by atoms with Gasteiger partial charge in [-0.1, -0.05) is 24.3 Å². The van der Waals surface area contributed by atoms with Gasteiger partial charge in [-0.3, -0.25) is 4.79 Å². The zero-order valence-electron chi connectivity index (χ0n) is 15.3. The number of para-hydroxylation sites is 1. The maximum atomic E-state index is 12.4. The number of nitrogens with one attached hydrogen (secondary N) is 3. The SMILES string of the molecule is Cc1nc2cccc3c2nc1N[C@H](C)/C=C/C[C@H]1CNC(=O)c2cc-3[nH]c21. The van der Waals surface area contributed by atoms with Crippen LogP contribution < -0.4 is 10.6 Å². The number of rotatable bonds is 0. The quantitative estimate of drug-likeness (QED) is 0.536. The van der Waals surface area contributed by atoms with Gasteiger partial charge >= 0.3 is 0 Å². The Labute approximate surface area is 157 Å². The number of fused-ring (bicyclic) bond motifs is 3. The first-order valence-electron chi connectivity index (χ1n) is 9.32. The molecule has 5 rings (SSSR count). The number of benzene rings is 1. The minimum atomic E-state index is -0.0160. The minimum absolute atomic E-state index is 0.0160. The molecule has 3 aromatic rings. The Morgan fingerprint density at radius 1 is 1.19 bits per heavy atom. The number of carbonyl (C=O) groups is 1. The molecule has 6 nitrogen and oxygen atoms in total. The molecule has 0 radical (unpaired) electrons. The van der Waals surface area contributed by atoms with Crippen molar-refractivity contribution in [3.8, 4) is 11.3 Å². The van der Waals surface area contributed by atoms with Gasteiger partial charge in [-0.15, -0.1) is 0 Å². The molecule has 4 bridgehead atoms. The zero-order chi connectivity index (χ0) is 18.5. The Morgan fingerprint density at radius 2 is 2.07 bits per heavy atom. The number of amides is 1. The summed E-state index contributed by atoms with van der Waals surface area (Å²) in [5.41, 5.74) is 6.17. The van der Waals surface area contributed by atoms with Crippen LogP contribution in [0.4, 0.5) is 5.82 Å². The van der Waals surface area contributed by atoms with E-state index in [1.165, 1.54) is 0 Å². The molecule has 6 heteroatoms. The van der Waals surface area contributed by atoms with E-state index in [1.807, 2.05) is 31.2 Å². The van der Waals surface area contributed by atoms with Crippen molar-refractivity contribution in [2.45, 2.75) is 32.2 Å². The van der Waals surface area contributed by atoms with Gasteiger partial charge in [0, 0.05) is 35.5 Å². The van der Waals surface area contributed by atoms with Crippen LogP contribution in [0.2, 0.25) is 0 Å². The molecule has 0 saturated heterocycles. The molecule has 0 aliphatic carbocycles. The van der Waals surface area contributed by atoms with E-state index in [-0.39, 0.29) is 17.9 Å².